The van der Waals surface area contributed by atoms with E-state index >= 15 is 0 Å². The molecule has 0 N–H and O–H groups in total. The molecule has 146 valence electrons. The predicted octanol–water partition coefficient (Wildman–Crippen LogP) is 4.41. The van der Waals surface area contributed by atoms with Crippen LogP contribution in [0.4, 0.5) is 0 Å². The highest BCUT2D eigenvalue weighted by molar-refractivity contribution is 6.37. The van der Waals surface area contributed by atoms with Crippen molar-refractivity contribution in [3.8, 4) is 11.5 Å². The molecule has 1 aromatic heterocycles. The molecule has 0 aliphatic heterocycles. The molecule has 3 rings (SSSR count). The summed E-state index contributed by atoms with van der Waals surface area (Å²) in [5.74, 6) is 0.156. The predicted molar refractivity (Wildman–Crippen MR) is 106 cm³/mol. The summed E-state index contributed by atoms with van der Waals surface area (Å²) in [6.45, 7) is 1.62. The number of hydrogen-bond donors (Lipinski definition) is 0. The molecule has 0 aliphatic carbocycles. The average molecular weight is 423 g/mol. The van der Waals surface area contributed by atoms with Crippen LogP contribution in [0.25, 0.3) is 11.0 Å². The highest BCUT2D eigenvalue weighted by Gasteiger charge is 2.09. The van der Waals surface area contributed by atoms with E-state index in [1.54, 1.807) is 36.4 Å². The summed E-state index contributed by atoms with van der Waals surface area (Å²) in [7, 11) is 0. The number of carbonyl (C=O) groups is 1. The van der Waals surface area contributed by atoms with Crippen LogP contribution in [0, 0.1) is 6.92 Å². The van der Waals surface area contributed by atoms with E-state index < -0.39 is 11.6 Å². The minimum atomic E-state index is -0.570. The quantitative estimate of drug-likeness (QED) is 0.319. The molecule has 0 radical (unpaired) electrons. The van der Waals surface area contributed by atoms with E-state index in [0.717, 1.165) is 10.9 Å². The maximum Gasteiger partial charge on any atom is 0.344 e. The lowest BCUT2D eigenvalue weighted by Crippen LogP contribution is -2.18. The van der Waals surface area contributed by atoms with E-state index in [1.165, 1.54) is 6.07 Å². The zero-order chi connectivity index (χ0) is 20.1. The minimum absolute atomic E-state index is 0.00946. The van der Waals surface area contributed by atoms with E-state index in [-0.39, 0.29) is 19.8 Å². The average Bonchev–Trinajstić information content (AvgIpc) is 2.65. The Morgan fingerprint density at radius 2 is 1.79 bits per heavy atom. The Balaban J connectivity index is 1.48. The molecule has 0 atom stereocenters. The van der Waals surface area contributed by atoms with Crippen molar-refractivity contribution in [3.63, 3.8) is 0 Å². The normalized spacial score (nSPS) is 10.7. The molecule has 28 heavy (non-hydrogen) atoms. The van der Waals surface area contributed by atoms with Crippen LogP contribution in [-0.2, 0) is 9.53 Å². The molecule has 8 heteroatoms. The molecule has 0 spiro atoms. The maximum atomic E-state index is 11.8. The molecule has 2 aromatic carbocycles. The van der Waals surface area contributed by atoms with Crippen LogP contribution in [0.2, 0.25) is 10.0 Å². The van der Waals surface area contributed by atoms with Gasteiger partial charge in [-0.05, 0) is 36.8 Å². The molecule has 0 unspecified atom stereocenters. The topological polar surface area (TPSA) is 75.0 Å². The third kappa shape index (κ3) is 4.97. The first-order valence-electron chi connectivity index (χ1n) is 8.34. The van der Waals surface area contributed by atoms with Gasteiger partial charge in [0.25, 0.3) is 0 Å². The van der Waals surface area contributed by atoms with E-state index in [1.807, 2.05) is 6.92 Å². The van der Waals surface area contributed by atoms with Crippen molar-refractivity contribution in [2.45, 2.75) is 6.92 Å². The number of aryl methyl sites for hydroxylation is 1. The van der Waals surface area contributed by atoms with Gasteiger partial charge < -0.3 is 18.6 Å². The summed E-state index contributed by atoms with van der Waals surface area (Å²) in [5.41, 5.74) is 0.747. The van der Waals surface area contributed by atoms with Gasteiger partial charge in [0.05, 0.1) is 10.0 Å². The Morgan fingerprint density at radius 3 is 2.54 bits per heavy atom. The van der Waals surface area contributed by atoms with Gasteiger partial charge in [-0.1, -0.05) is 29.3 Å². The third-order valence-electron chi connectivity index (χ3n) is 3.79. The van der Waals surface area contributed by atoms with Crippen molar-refractivity contribution in [2.75, 3.05) is 19.8 Å². The van der Waals surface area contributed by atoms with Crippen LogP contribution < -0.4 is 15.1 Å². The number of esters is 1. The lowest BCUT2D eigenvalue weighted by atomic mass is 10.1. The van der Waals surface area contributed by atoms with Gasteiger partial charge in [0.2, 0.25) is 0 Å². The first-order chi connectivity index (χ1) is 13.4. The largest absolute Gasteiger partial charge is 0.487 e. The Morgan fingerprint density at radius 1 is 1.04 bits per heavy atom. The second kappa shape index (κ2) is 8.99. The van der Waals surface area contributed by atoms with Crippen LogP contribution >= 0.6 is 23.2 Å². The van der Waals surface area contributed by atoms with Crippen LogP contribution in [0.1, 0.15) is 5.56 Å². The lowest BCUT2D eigenvalue weighted by molar-refractivity contribution is -0.146. The van der Waals surface area contributed by atoms with Crippen molar-refractivity contribution in [1.29, 1.82) is 0 Å². The van der Waals surface area contributed by atoms with Crippen molar-refractivity contribution < 1.29 is 23.4 Å². The van der Waals surface area contributed by atoms with Crippen LogP contribution in [0.5, 0.6) is 11.5 Å². The fourth-order valence-electron chi connectivity index (χ4n) is 2.50. The van der Waals surface area contributed by atoms with E-state index in [0.29, 0.717) is 27.1 Å². The molecule has 0 aliphatic rings. The monoisotopic (exact) mass is 422 g/mol. The molecule has 6 nitrogen and oxygen atoms in total. The van der Waals surface area contributed by atoms with Crippen LogP contribution in [-0.4, -0.2) is 25.8 Å². The van der Waals surface area contributed by atoms with Crippen molar-refractivity contribution >= 4 is 40.1 Å². The van der Waals surface area contributed by atoms with Gasteiger partial charge in [-0.25, -0.2) is 9.59 Å². The number of carbonyl (C=O) groups excluding carboxylic acids is 1. The second-order valence-electron chi connectivity index (χ2n) is 5.81. The number of para-hydroxylation sites is 1. The van der Waals surface area contributed by atoms with Crippen molar-refractivity contribution in [3.05, 3.63) is 68.5 Å². The fourth-order valence-corrected chi connectivity index (χ4v) is 3.01. The summed E-state index contributed by atoms with van der Waals surface area (Å²) in [4.78, 5) is 23.3. The van der Waals surface area contributed by atoms with Crippen molar-refractivity contribution in [2.24, 2.45) is 0 Å². The highest BCUT2D eigenvalue weighted by atomic mass is 35.5. The maximum absolute atomic E-state index is 11.8. The number of fused-ring (bicyclic) bond motifs is 1. The van der Waals surface area contributed by atoms with Gasteiger partial charge >= 0.3 is 11.6 Å². The Hall–Kier alpha value is -2.70. The van der Waals surface area contributed by atoms with E-state index in [4.69, 9.17) is 41.8 Å². The highest BCUT2D eigenvalue weighted by Crippen LogP contribution is 2.32. The van der Waals surface area contributed by atoms with E-state index in [9.17, 15) is 9.59 Å². The second-order valence-corrected chi connectivity index (χ2v) is 6.63. The molecule has 0 saturated heterocycles. The first kappa shape index (κ1) is 20.0. The summed E-state index contributed by atoms with van der Waals surface area (Å²) < 4.78 is 21.0. The molecule has 0 saturated carbocycles. The van der Waals surface area contributed by atoms with E-state index in [2.05, 4.69) is 0 Å². The Labute approximate surface area is 170 Å². The van der Waals surface area contributed by atoms with Crippen LogP contribution in [0.3, 0.4) is 0 Å². The molecular formula is C20H16Cl2O6. The molecule has 0 bridgehead atoms. The molecule has 0 amide bonds. The smallest absolute Gasteiger partial charge is 0.344 e. The zero-order valence-corrected chi connectivity index (χ0v) is 16.4. The molecule has 1 heterocycles. The number of hydrogen-bond acceptors (Lipinski definition) is 6. The first-order valence-corrected chi connectivity index (χ1v) is 9.09. The Bertz CT molecular complexity index is 1040. The summed E-state index contributed by atoms with van der Waals surface area (Å²) in [5, 5.41) is 1.55. The lowest BCUT2D eigenvalue weighted by Gasteiger charge is -2.10. The van der Waals surface area contributed by atoms with Gasteiger partial charge in [0.15, 0.2) is 12.4 Å². The number of benzene rings is 2. The zero-order valence-electron chi connectivity index (χ0n) is 14.9. The third-order valence-corrected chi connectivity index (χ3v) is 4.39. The molecular weight excluding hydrogens is 407 g/mol. The number of rotatable bonds is 7. The standard InChI is InChI=1S/C20H16Cl2O6/c1-12-9-18(23)28-17-10-13(5-6-14(12)17)27-11-19(24)25-7-8-26-20-15(21)3-2-4-16(20)22/h2-6,9-10H,7-8,11H2,1H3. The van der Waals surface area contributed by atoms with Crippen molar-refractivity contribution in [1.82, 2.24) is 0 Å². The van der Waals surface area contributed by atoms with Gasteiger partial charge in [-0.3, -0.25) is 0 Å². The summed E-state index contributed by atoms with van der Waals surface area (Å²) in [6.07, 6.45) is 0. The van der Waals surface area contributed by atoms with Gasteiger partial charge in [-0.2, -0.15) is 0 Å². The summed E-state index contributed by atoms with van der Waals surface area (Å²) >= 11 is 12.0. The van der Waals surface area contributed by atoms with Gasteiger partial charge in [0.1, 0.15) is 24.5 Å². The molecule has 0 fully saturated rings. The number of halogens is 2. The Kier molecular flexibility index (Phi) is 6.44. The van der Waals surface area contributed by atoms with Crippen LogP contribution in [0.15, 0.2) is 51.7 Å². The number of ether oxygens (including phenoxy) is 3. The summed E-state index contributed by atoms with van der Waals surface area (Å²) in [6, 6.07) is 11.4. The minimum Gasteiger partial charge on any atom is -0.487 e. The van der Waals surface area contributed by atoms with Gasteiger partial charge in [0, 0.05) is 17.5 Å². The SMILES string of the molecule is Cc1cc(=O)oc2cc(OCC(=O)OCCOc3c(Cl)cccc3Cl)ccc12. The fraction of sp³-hybridized carbons (Fsp3) is 0.200. The van der Waals surface area contributed by atoms with Gasteiger partial charge in [-0.15, -0.1) is 0 Å². The molecule has 3 aromatic rings.